The molecule has 0 radical (unpaired) electrons. The minimum absolute atomic E-state index is 0.132. The number of ether oxygens (including phenoxy) is 1. The zero-order valence-electron chi connectivity index (χ0n) is 11.6. The molecule has 2 aromatic rings. The third-order valence-corrected chi connectivity index (χ3v) is 2.73. The zero-order valence-corrected chi connectivity index (χ0v) is 11.6. The summed E-state index contributed by atoms with van der Waals surface area (Å²) in [6.07, 6.45) is 2.15. The Bertz CT molecular complexity index is 718. The zero-order chi connectivity index (χ0) is 16.1. The molecule has 0 unspecified atom stereocenters. The lowest BCUT2D eigenvalue weighted by atomic mass is 10.1. The number of aromatic nitrogens is 1. The molecule has 0 saturated heterocycles. The van der Waals surface area contributed by atoms with Crippen LogP contribution >= 0.6 is 0 Å². The maximum Gasteiger partial charge on any atom is 0.373 e. The summed E-state index contributed by atoms with van der Waals surface area (Å²) >= 11 is 0. The van der Waals surface area contributed by atoms with Crippen molar-refractivity contribution in [3.8, 4) is 0 Å². The quantitative estimate of drug-likeness (QED) is 0.394. The van der Waals surface area contributed by atoms with Crippen LogP contribution in [-0.4, -0.2) is 29.0 Å². The van der Waals surface area contributed by atoms with Crippen LogP contribution in [0, 0.1) is 5.82 Å². The normalized spacial score (nSPS) is 11.3. The summed E-state index contributed by atoms with van der Waals surface area (Å²) in [6, 6.07) is 5.76. The molecule has 1 aromatic carbocycles. The van der Waals surface area contributed by atoms with Gasteiger partial charge in [0.05, 0.1) is 13.3 Å². The molecule has 7 heteroatoms. The van der Waals surface area contributed by atoms with Crippen molar-refractivity contribution in [2.75, 3.05) is 7.11 Å². The van der Waals surface area contributed by atoms with Crippen molar-refractivity contribution in [2.45, 2.75) is 6.42 Å². The number of methoxy groups -OCH3 is 1. The summed E-state index contributed by atoms with van der Waals surface area (Å²) in [4.78, 5) is 26.7. The van der Waals surface area contributed by atoms with Crippen LogP contribution in [0.3, 0.4) is 0 Å². The van der Waals surface area contributed by atoms with Gasteiger partial charge in [0.15, 0.2) is 11.7 Å². The second-order valence-corrected chi connectivity index (χ2v) is 4.31. The third-order valence-electron chi connectivity index (χ3n) is 2.73. The number of nitrogens with zero attached hydrogens (tertiary/aromatic N) is 1. The van der Waals surface area contributed by atoms with E-state index in [-0.39, 0.29) is 23.9 Å². The van der Waals surface area contributed by atoms with Gasteiger partial charge in [-0.15, -0.1) is 0 Å². The van der Waals surface area contributed by atoms with Crippen LogP contribution in [0.1, 0.15) is 22.0 Å². The number of hydrogen-bond acceptors (Lipinski definition) is 6. The molecular weight excluding hydrogens is 293 g/mol. The molecule has 0 aliphatic carbocycles. The Hall–Kier alpha value is -2.96. The SMILES string of the molecule is COC(=O)/C(O)=C/C(=O)c1cnc(Cc2ccc(F)cc2)o1. The van der Waals surface area contributed by atoms with Crippen LogP contribution in [0.25, 0.3) is 0 Å². The maximum absolute atomic E-state index is 12.8. The molecule has 1 aromatic heterocycles. The number of benzene rings is 1. The van der Waals surface area contributed by atoms with E-state index in [4.69, 9.17) is 4.42 Å². The molecule has 0 amide bonds. The number of oxazole rings is 1. The summed E-state index contributed by atoms with van der Waals surface area (Å²) in [7, 11) is 1.08. The minimum atomic E-state index is -1.03. The Morgan fingerprint density at radius 1 is 1.36 bits per heavy atom. The van der Waals surface area contributed by atoms with Crippen molar-refractivity contribution in [1.82, 2.24) is 4.98 Å². The molecular formula is C15H12FNO5. The van der Waals surface area contributed by atoms with E-state index < -0.39 is 17.5 Å². The summed E-state index contributed by atoms with van der Waals surface area (Å²) in [5.41, 5.74) is 0.759. The molecule has 1 heterocycles. The molecule has 6 nitrogen and oxygen atoms in total. The molecule has 0 spiro atoms. The number of halogens is 1. The van der Waals surface area contributed by atoms with Crippen molar-refractivity contribution >= 4 is 11.8 Å². The van der Waals surface area contributed by atoms with Gasteiger partial charge in [-0.05, 0) is 17.7 Å². The number of carbonyl (C=O) groups is 2. The number of esters is 1. The highest BCUT2D eigenvalue weighted by Gasteiger charge is 2.15. The lowest BCUT2D eigenvalue weighted by Crippen LogP contribution is -2.06. The average Bonchev–Trinajstić information content (AvgIpc) is 2.97. The highest BCUT2D eigenvalue weighted by atomic mass is 19.1. The Labute approximate surface area is 124 Å². The lowest BCUT2D eigenvalue weighted by Gasteiger charge is -1.97. The third kappa shape index (κ3) is 3.78. The van der Waals surface area contributed by atoms with Crippen LogP contribution < -0.4 is 0 Å². The predicted molar refractivity (Wildman–Crippen MR) is 72.8 cm³/mol. The largest absolute Gasteiger partial charge is 0.502 e. The van der Waals surface area contributed by atoms with Gasteiger partial charge in [0.2, 0.25) is 11.5 Å². The van der Waals surface area contributed by atoms with E-state index in [1.807, 2.05) is 0 Å². The van der Waals surface area contributed by atoms with Crippen molar-refractivity contribution in [2.24, 2.45) is 0 Å². The number of aliphatic hydroxyl groups excluding tert-OH is 1. The van der Waals surface area contributed by atoms with Crippen molar-refractivity contribution in [1.29, 1.82) is 0 Å². The monoisotopic (exact) mass is 305 g/mol. The van der Waals surface area contributed by atoms with E-state index >= 15 is 0 Å². The second-order valence-electron chi connectivity index (χ2n) is 4.31. The molecule has 0 aliphatic rings. The fourth-order valence-corrected chi connectivity index (χ4v) is 1.64. The highest BCUT2D eigenvalue weighted by molar-refractivity contribution is 6.06. The highest BCUT2D eigenvalue weighted by Crippen LogP contribution is 2.12. The van der Waals surface area contributed by atoms with Crippen molar-refractivity contribution in [3.05, 3.63) is 65.3 Å². The molecule has 0 fully saturated rings. The first-order valence-electron chi connectivity index (χ1n) is 6.22. The summed E-state index contributed by atoms with van der Waals surface area (Å²) < 4.78 is 22.3. The maximum atomic E-state index is 12.8. The van der Waals surface area contributed by atoms with Crippen LogP contribution in [-0.2, 0) is 16.0 Å². The van der Waals surface area contributed by atoms with Gasteiger partial charge in [-0.3, -0.25) is 4.79 Å². The Morgan fingerprint density at radius 3 is 2.68 bits per heavy atom. The van der Waals surface area contributed by atoms with Crippen molar-refractivity contribution in [3.63, 3.8) is 0 Å². The smallest absolute Gasteiger partial charge is 0.373 e. The fraction of sp³-hybridized carbons (Fsp3) is 0.133. The second kappa shape index (κ2) is 6.66. The Kier molecular flexibility index (Phi) is 4.67. The summed E-state index contributed by atoms with van der Waals surface area (Å²) in [5, 5.41) is 9.29. The Balaban J connectivity index is 2.09. The first-order valence-corrected chi connectivity index (χ1v) is 6.22. The van der Waals surface area contributed by atoms with Crippen molar-refractivity contribution < 1.29 is 28.2 Å². The first kappa shape index (κ1) is 15.4. The topological polar surface area (TPSA) is 89.6 Å². The average molecular weight is 305 g/mol. The van der Waals surface area contributed by atoms with Gasteiger partial charge in [0.1, 0.15) is 5.82 Å². The van der Waals surface area contributed by atoms with Gasteiger partial charge in [-0.1, -0.05) is 12.1 Å². The van der Waals surface area contributed by atoms with E-state index in [0.717, 1.165) is 12.7 Å². The number of hydrogen-bond donors (Lipinski definition) is 1. The standard InChI is InChI=1S/C15H12FNO5/c1-21-15(20)12(19)7-11(18)13-8-17-14(22-13)6-9-2-4-10(16)5-3-9/h2-5,7-8,19H,6H2,1H3/b12-7-. The van der Waals surface area contributed by atoms with Gasteiger partial charge in [-0.2, -0.15) is 0 Å². The minimum Gasteiger partial charge on any atom is -0.502 e. The number of ketones is 1. The van der Waals surface area contributed by atoms with Gasteiger partial charge in [0.25, 0.3) is 0 Å². The van der Waals surface area contributed by atoms with E-state index in [2.05, 4.69) is 9.72 Å². The van der Waals surface area contributed by atoms with E-state index in [1.54, 1.807) is 12.1 Å². The molecule has 0 aliphatic heterocycles. The molecule has 22 heavy (non-hydrogen) atoms. The van der Waals surface area contributed by atoms with Crippen LogP contribution in [0.5, 0.6) is 0 Å². The first-order chi connectivity index (χ1) is 10.5. The van der Waals surface area contributed by atoms with Gasteiger partial charge in [-0.25, -0.2) is 14.2 Å². The molecule has 114 valence electrons. The van der Waals surface area contributed by atoms with Crippen LogP contribution in [0.15, 0.2) is 46.7 Å². The molecule has 0 saturated carbocycles. The number of allylic oxidation sites excluding steroid dienone is 1. The number of carbonyl (C=O) groups excluding carboxylic acids is 2. The summed E-state index contributed by atoms with van der Waals surface area (Å²) in [5.74, 6) is -2.81. The van der Waals surface area contributed by atoms with Crippen LogP contribution in [0.2, 0.25) is 0 Å². The molecule has 1 N–H and O–H groups in total. The van der Waals surface area contributed by atoms with Gasteiger partial charge < -0.3 is 14.3 Å². The molecule has 2 rings (SSSR count). The summed E-state index contributed by atoms with van der Waals surface area (Å²) in [6.45, 7) is 0. The van der Waals surface area contributed by atoms with Gasteiger partial charge >= 0.3 is 5.97 Å². The number of rotatable bonds is 5. The Morgan fingerprint density at radius 2 is 2.05 bits per heavy atom. The fourth-order valence-electron chi connectivity index (χ4n) is 1.64. The predicted octanol–water partition coefficient (Wildman–Crippen LogP) is 2.20. The van der Waals surface area contributed by atoms with E-state index in [9.17, 15) is 19.1 Å². The molecule has 0 atom stereocenters. The number of aliphatic hydroxyl groups is 1. The van der Waals surface area contributed by atoms with E-state index in [0.29, 0.717) is 6.08 Å². The van der Waals surface area contributed by atoms with Crippen LogP contribution in [0.4, 0.5) is 4.39 Å². The molecule has 0 bridgehead atoms. The lowest BCUT2D eigenvalue weighted by molar-refractivity contribution is -0.139. The van der Waals surface area contributed by atoms with Gasteiger partial charge in [0, 0.05) is 12.5 Å². The van der Waals surface area contributed by atoms with E-state index in [1.165, 1.54) is 18.3 Å².